The number of nitrogens with zero attached hydrogens (tertiary/aromatic N) is 4. The molecule has 0 fully saturated rings. The Labute approximate surface area is 153 Å². The van der Waals surface area contributed by atoms with Crippen LogP contribution in [0, 0.1) is 0 Å². The molecule has 0 spiro atoms. The summed E-state index contributed by atoms with van der Waals surface area (Å²) < 4.78 is 13.1. The lowest BCUT2D eigenvalue weighted by molar-refractivity contribution is -0.119. The summed E-state index contributed by atoms with van der Waals surface area (Å²) in [6.07, 6.45) is 2.98. The van der Waals surface area contributed by atoms with Crippen LogP contribution in [0.5, 0.6) is 11.5 Å². The molecule has 26 heavy (non-hydrogen) atoms. The average molecular weight is 371 g/mol. The van der Waals surface area contributed by atoms with Crippen LogP contribution in [-0.4, -0.2) is 50.7 Å². The van der Waals surface area contributed by atoms with E-state index in [0.717, 1.165) is 21.8 Å². The number of hydrogen-bond donors (Lipinski definition) is 1. The number of nitrogens with one attached hydrogen (secondary N) is 1. The van der Waals surface area contributed by atoms with Crippen molar-refractivity contribution in [2.24, 2.45) is 7.05 Å². The number of aryl methyl sites for hydroxylation is 1. The third kappa shape index (κ3) is 3.43. The number of aromatic nitrogens is 4. The van der Waals surface area contributed by atoms with Gasteiger partial charge in [-0.15, -0.1) is 0 Å². The second kappa shape index (κ2) is 7.20. The van der Waals surface area contributed by atoms with Gasteiger partial charge in [0.15, 0.2) is 17.1 Å². The molecule has 1 amide bonds. The number of carbonyl (C=O) groups is 1. The molecular formula is C17H17N5O3S. The van der Waals surface area contributed by atoms with E-state index in [9.17, 15) is 4.79 Å². The summed E-state index contributed by atoms with van der Waals surface area (Å²) in [5, 5.41) is 8.63. The van der Waals surface area contributed by atoms with Gasteiger partial charge in [0, 0.05) is 7.05 Å². The molecular weight excluding hydrogens is 354 g/mol. The second-order valence-corrected chi connectivity index (χ2v) is 6.74. The Bertz CT molecular complexity index is 945. The van der Waals surface area contributed by atoms with Gasteiger partial charge in [-0.2, -0.15) is 5.10 Å². The number of benzene rings is 1. The van der Waals surface area contributed by atoms with Gasteiger partial charge in [-0.3, -0.25) is 9.48 Å². The molecule has 134 valence electrons. The van der Waals surface area contributed by atoms with Crippen molar-refractivity contribution in [1.29, 1.82) is 0 Å². The molecule has 8 nitrogen and oxygen atoms in total. The van der Waals surface area contributed by atoms with E-state index in [-0.39, 0.29) is 17.8 Å². The van der Waals surface area contributed by atoms with Gasteiger partial charge in [-0.25, -0.2) is 9.97 Å². The zero-order valence-electron chi connectivity index (χ0n) is 14.1. The number of thioether (sulfide) groups is 1. The van der Waals surface area contributed by atoms with Crippen molar-refractivity contribution in [3.8, 4) is 11.5 Å². The summed E-state index contributed by atoms with van der Waals surface area (Å²) in [6.45, 7) is 0.798. The van der Waals surface area contributed by atoms with Crippen molar-refractivity contribution in [3.63, 3.8) is 0 Å². The molecule has 1 aliphatic heterocycles. The number of rotatable bonds is 5. The Morgan fingerprint density at radius 3 is 3.08 bits per heavy atom. The van der Waals surface area contributed by atoms with Crippen molar-refractivity contribution in [1.82, 2.24) is 25.1 Å². The first-order valence-electron chi connectivity index (χ1n) is 8.11. The number of ether oxygens (including phenoxy) is 2. The fraction of sp³-hybridized carbons (Fsp3) is 0.294. The molecule has 1 aliphatic rings. The maximum atomic E-state index is 12.2. The molecule has 4 rings (SSSR count). The summed E-state index contributed by atoms with van der Waals surface area (Å²) in [4.78, 5) is 20.6. The van der Waals surface area contributed by atoms with Gasteiger partial charge in [0.05, 0.1) is 23.9 Å². The van der Waals surface area contributed by atoms with Crippen molar-refractivity contribution in [2.45, 2.75) is 11.1 Å². The first-order chi connectivity index (χ1) is 12.7. The number of hydrogen-bond acceptors (Lipinski definition) is 7. The smallest absolute Gasteiger partial charge is 0.230 e. The fourth-order valence-corrected chi connectivity index (χ4v) is 3.42. The van der Waals surface area contributed by atoms with Crippen LogP contribution in [0.15, 0.2) is 41.8 Å². The first-order valence-corrected chi connectivity index (χ1v) is 9.10. The van der Waals surface area contributed by atoms with Crippen LogP contribution in [0.1, 0.15) is 0 Å². The van der Waals surface area contributed by atoms with Crippen LogP contribution in [0.4, 0.5) is 0 Å². The molecule has 3 aromatic rings. The van der Waals surface area contributed by atoms with Gasteiger partial charge in [0.1, 0.15) is 24.1 Å². The topological polar surface area (TPSA) is 91.2 Å². The van der Waals surface area contributed by atoms with E-state index >= 15 is 0 Å². The molecule has 1 unspecified atom stereocenters. The summed E-state index contributed by atoms with van der Waals surface area (Å²) in [5.74, 6) is 1.60. The number of carbonyl (C=O) groups excluding carboxylic acids is 1. The number of amides is 1. The van der Waals surface area contributed by atoms with Gasteiger partial charge in [-0.05, 0) is 12.1 Å². The lowest BCUT2D eigenvalue weighted by atomic mass is 10.2. The SMILES string of the molecule is Cn1ncc2c(SCC(=O)NCC3COc4ccccc4O3)ncnc21. The maximum Gasteiger partial charge on any atom is 0.230 e. The largest absolute Gasteiger partial charge is 0.486 e. The highest BCUT2D eigenvalue weighted by Crippen LogP contribution is 2.30. The summed E-state index contributed by atoms with van der Waals surface area (Å²) in [6, 6.07) is 7.50. The van der Waals surface area contributed by atoms with E-state index in [1.54, 1.807) is 10.9 Å². The molecule has 1 aromatic carbocycles. The van der Waals surface area contributed by atoms with Gasteiger partial charge >= 0.3 is 0 Å². The molecule has 0 saturated heterocycles. The van der Waals surface area contributed by atoms with Gasteiger partial charge < -0.3 is 14.8 Å². The number of fused-ring (bicyclic) bond motifs is 2. The minimum Gasteiger partial charge on any atom is -0.486 e. The van der Waals surface area contributed by atoms with Crippen LogP contribution in [0.3, 0.4) is 0 Å². The summed E-state index contributed by atoms with van der Waals surface area (Å²) in [7, 11) is 1.82. The van der Waals surface area contributed by atoms with Crippen molar-refractivity contribution < 1.29 is 14.3 Å². The monoisotopic (exact) mass is 371 g/mol. The van der Waals surface area contributed by atoms with Crippen LogP contribution in [-0.2, 0) is 11.8 Å². The van der Waals surface area contributed by atoms with Crippen molar-refractivity contribution >= 4 is 28.7 Å². The van der Waals surface area contributed by atoms with E-state index in [4.69, 9.17) is 9.47 Å². The normalized spacial score (nSPS) is 15.8. The zero-order chi connectivity index (χ0) is 17.9. The second-order valence-electron chi connectivity index (χ2n) is 5.77. The molecule has 0 aliphatic carbocycles. The van der Waals surface area contributed by atoms with Gasteiger partial charge in [-0.1, -0.05) is 23.9 Å². The quantitative estimate of drug-likeness (QED) is 0.536. The Morgan fingerprint density at radius 1 is 1.35 bits per heavy atom. The van der Waals surface area contributed by atoms with Crippen molar-refractivity contribution in [2.75, 3.05) is 18.9 Å². The zero-order valence-corrected chi connectivity index (χ0v) is 14.9. The Hall–Kier alpha value is -2.81. The molecule has 1 N–H and O–H groups in total. The molecule has 2 aromatic heterocycles. The molecule has 0 radical (unpaired) electrons. The Kier molecular flexibility index (Phi) is 4.61. The van der Waals surface area contributed by atoms with E-state index in [1.807, 2.05) is 31.3 Å². The molecule has 0 saturated carbocycles. The van der Waals surface area contributed by atoms with Crippen LogP contribution >= 0.6 is 11.8 Å². The summed E-state index contributed by atoms with van der Waals surface area (Å²) in [5.41, 5.74) is 0.745. The number of para-hydroxylation sites is 2. The first kappa shape index (κ1) is 16.6. The standard InChI is InChI=1S/C17H17N5O3S/c1-22-16-12(7-21-22)17(20-10-19-16)26-9-15(23)18-6-11-8-24-13-4-2-3-5-14(13)25-11/h2-5,7,10-11H,6,8-9H2,1H3,(H,18,23). The lowest BCUT2D eigenvalue weighted by Gasteiger charge is -2.26. The fourth-order valence-electron chi connectivity index (χ4n) is 2.63. The van der Waals surface area contributed by atoms with Gasteiger partial charge in [0.2, 0.25) is 5.91 Å². The van der Waals surface area contributed by atoms with E-state index in [0.29, 0.717) is 18.9 Å². The minimum atomic E-state index is -0.206. The van der Waals surface area contributed by atoms with Crippen LogP contribution < -0.4 is 14.8 Å². The third-order valence-corrected chi connectivity index (χ3v) is 4.93. The van der Waals surface area contributed by atoms with E-state index < -0.39 is 0 Å². The van der Waals surface area contributed by atoms with Crippen LogP contribution in [0.2, 0.25) is 0 Å². The molecule has 1 atom stereocenters. The molecule has 3 heterocycles. The highest BCUT2D eigenvalue weighted by molar-refractivity contribution is 8.00. The average Bonchev–Trinajstić information content (AvgIpc) is 3.06. The Morgan fingerprint density at radius 2 is 2.19 bits per heavy atom. The highest BCUT2D eigenvalue weighted by atomic mass is 32.2. The van der Waals surface area contributed by atoms with Crippen LogP contribution in [0.25, 0.3) is 11.0 Å². The van der Waals surface area contributed by atoms with Gasteiger partial charge in [0.25, 0.3) is 0 Å². The molecule has 9 heteroatoms. The predicted molar refractivity (Wildman–Crippen MR) is 96.4 cm³/mol. The van der Waals surface area contributed by atoms with E-state index in [2.05, 4.69) is 20.4 Å². The summed E-state index contributed by atoms with van der Waals surface area (Å²) >= 11 is 1.36. The predicted octanol–water partition coefficient (Wildman–Crippen LogP) is 1.41. The lowest BCUT2D eigenvalue weighted by Crippen LogP contribution is -2.41. The third-order valence-electron chi connectivity index (χ3n) is 3.93. The minimum absolute atomic E-state index is 0.0897. The molecule has 0 bridgehead atoms. The maximum absolute atomic E-state index is 12.2. The highest BCUT2D eigenvalue weighted by Gasteiger charge is 2.21. The Balaban J connectivity index is 1.29. The van der Waals surface area contributed by atoms with Crippen molar-refractivity contribution in [3.05, 3.63) is 36.8 Å². The van der Waals surface area contributed by atoms with E-state index in [1.165, 1.54) is 18.1 Å².